The fourth-order valence-electron chi connectivity index (χ4n) is 11.0. The molecule has 0 amide bonds. The van der Waals surface area contributed by atoms with Gasteiger partial charge in [-0.15, -0.1) is 0 Å². The third-order valence-corrected chi connectivity index (χ3v) is 14.6. The zero-order valence-corrected chi connectivity index (χ0v) is 40.0. The van der Waals surface area contributed by atoms with Crippen LogP contribution >= 0.6 is 0 Å². The Morgan fingerprint density at radius 2 is 0.955 bits per heavy atom. The Kier molecular flexibility index (Phi) is 13.7. The number of hydrogen-bond acceptors (Lipinski definition) is 2. The molecule has 6 aromatic carbocycles. The lowest BCUT2D eigenvalue weighted by Gasteiger charge is -2.33. The van der Waals surface area contributed by atoms with Crippen molar-refractivity contribution in [3.63, 3.8) is 0 Å². The third-order valence-electron chi connectivity index (χ3n) is 14.6. The van der Waals surface area contributed by atoms with Gasteiger partial charge >= 0.3 is 0 Å². The lowest BCUT2D eigenvalue weighted by molar-refractivity contribution is 0.398. The van der Waals surface area contributed by atoms with Crippen molar-refractivity contribution in [2.24, 2.45) is 0 Å². The zero-order chi connectivity index (χ0) is 46.3. The Labute approximate surface area is 399 Å². The summed E-state index contributed by atoms with van der Waals surface area (Å²) < 4.78 is 4.90. The van der Waals surface area contributed by atoms with Crippen molar-refractivity contribution in [3.8, 4) is 68.3 Å². The standard InChI is InChI=1S/C63H64N4/c1-5-7-9-11-13-17-39-63(40-18-14-12-10-8-6-2)56-20-16-15-19-54(56)55-38-33-51(41-57(55)63)60-61(50-31-27-48(44-65)28-32-50)67(53-36-23-46(4)24-37-53)59-42-58(49-29-25-47(43-64)26-30-49)66(62(59)60)52-34-21-45(3)22-35-52/h15-16,19-38,41-42H,5-14,17-18,39-40H2,1-4H3. The van der Waals surface area contributed by atoms with Crippen LogP contribution in [0, 0.1) is 36.5 Å². The minimum absolute atomic E-state index is 0.0860. The molecule has 1 aliphatic carbocycles. The first-order valence-electron chi connectivity index (χ1n) is 25.1. The SMILES string of the molecule is CCCCCCCCC1(CCCCCCCC)c2ccccc2-c2ccc(-c3c(-c4ccc(C#N)cc4)n(-c4ccc(C)cc4)c4cc(-c5ccc(C#N)cc5)n(-c5ccc(C)cc5)c34)cc21. The van der Waals surface area contributed by atoms with Gasteiger partial charge < -0.3 is 9.13 Å². The molecule has 0 atom stereocenters. The second kappa shape index (κ2) is 20.3. The van der Waals surface area contributed by atoms with Gasteiger partial charge in [-0.2, -0.15) is 10.5 Å². The molecule has 0 bridgehead atoms. The molecular weight excluding hydrogens is 813 g/mol. The first-order valence-corrected chi connectivity index (χ1v) is 25.1. The Morgan fingerprint density at radius 3 is 1.52 bits per heavy atom. The van der Waals surface area contributed by atoms with Gasteiger partial charge in [0.05, 0.1) is 45.7 Å². The molecule has 336 valence electrons. The number of hydrogen-bond donors (Lipinski definition) is 0. The largest absolute Gasteiger partial charge is 0.307 e. The zero-order valence-electron chi connectivity index (χ0n) is 40.0. The van der Waals surface area contributed by atoms with Crippen LogP contribution < -0.4 is 0 Å². The van der Waals surface area contributed by atoms with E-state index >= 15 is 0 Å². The van der Waals surface area contributed by atoms with E-state index < -0.39 is 0 Å². The molecule has 0 spiro atoms. The van der Waals surface area contributed by atoms with Crippen molar-refractivity contribution < 1.29 is 0 Å². The van der Waals surface area contributed by atoms with Crippen molar-refractivity contribution in [1.82, 2.24) is 9.13 Å². The van der Waals surface area contributed by atoms with Crippen molar-refractivity contribution in [2.45, 2.75) is 123 Å². The molecule has 8 aromatic rings. The van der Waals surface area contributed by atoms with Crippen LogP contribution in [0.1, 0.15) is 137 Å². The monoisotopic (exact) mass is 877 g/mol. The normalized spacial score (nSPS) is 12.5. The molecule has 2 heterocycles. The van der Waals surface area contributed by atoms with E-state index in [0.717, 1.165) is 63.3 Å². The second-order valence-electron chi connectivity index (χ2n) is 19.1. The fraction of sp³-hybridized carbons (Fsp3) is 0.302. The summed E-state index contributed by atoms with van der Waals surface area (Å²) in [5.41, 5.74) is 20.3. The summed E-state index contributed by atoms with van der Waals surface area (Å²) in [4.78, 5) is 0. The van der Waals surface area contributed by atoms with Gasteiger partial charge in [0.25, 0.3) is 0 Å². The molecule has 0 saturated carbocycles. The highest BCUT2D eigenvalue weighted by atomic mass is 15.1. The summed E-state index contributed by atoms with van der Waals surface area (Å²) >= 11 is 0. The molecular formula is C63H64N4. The van der Waals surface area contributed by atoms with Gasteiger partial charge in [0.1, 0.15) is 0 Å². The summed E-state index contributed by atoms with van der Waals surface area (Å²) in [7, 11) is 0. The second-order valence-corrected chi connectivity index (χ2v) is 19.1. The first kappa shape index (κ1) is 45.3. The number of nitriles is 2. The summed E-state index contributed by atoms with van der Waals surface area (Å²) in [6, 6.07) is 57.7. The minimum atomic E-state index is -0.0860. The van der Waals surface area contributed by atoms with E-state index in [2.05, 4.69) is 170 Å². The van der Waals surface area contributed by atoms with Gasteiger partial charge in [-0.1, -0.05) is 187 Å². The van der Waals surface area contributed by atoms with E-state index in [0.29, 0.717) is 11.1 Å². The molecule has 0 unspecified atom stereocenters. The average Bonchev–Trinajstić information content (AvgIpc) is 4.00. The molecule has 4 nitrogen and oxygen atoms in total. The van der Waals surface area contributed by atoms with E-state index in [1.54, 1.807) is 0 Å². The van der Waals surface area contributed by atoms with Crippen LogP contribution in [0.15, 0.2) is 146 Å². The summed E-state index contributed by atoms with van der Waals surface area (Å²) in [6.45, 7) is 8.90. The van der Waals surface area contributed by atoms with E-state index in [1.165, 1.54) is 116 Å². The molecule has 67 heavy (non-hydrogen) atoms. The molecule has 1 aliphatic rings. The number of fused-ring (bicyclic) bond motifs is 4. The first-order chi connectivity index (χ1) is 32.9. The lowest BCUT2D eigenvalue weighted by atomic mass is 9.70. The number of aromatic nitrogens is 2. The Morgan fingerprint density at radius 1 is 0.463 bits per heavy atom. The van der Waals surface area contributed by atoms with Crippen LogP contribution in [-0.2, 0) is 5.41 Å². The van der Waals surface area contributed by atoms with Crippen molar-refractivity contribution in [1.29, 1.82) is 10.5 Å². The smallest absolute Gasteiger partial charge is 0.0991 e. The average molecular weight is 877 g/mol. The molecule has 0 N–H and O–H groups in total. The van der Waals surface area contributed by atoms with Crippen molar-refractivity contribution >= 4 is 11.0 Å². The van der Waals surface area contributed by atoms with Crippen LogP contribution in [0.5, 0.6) is 0 Å². The van der Waals surface area contributed by atoms with Crippen LogP contribution in [0.3, 0.4) is 0 Å². The molecule has 9 rings (SSSR count). The predicted molar refractivity (Wildman–Crippen MR) is 280 cm³/mol. The van der Waals surface area contributed by atoms with Gasteiger partial charge in [0, 0.05) is 22.4 Å². The number of rotatable bonds is 19. The Hall–Kier alpha value is -6.88. The van der Waals surface area contributed by atoms with Gasteiger partial charge in [-0.05, 0) is 126 Å². The molecule has 4 heteroatoms. The number of nitrogens with zero attached hydrogens (tertiary/aromatic N) is 4. The highest BCUT2D eigenvalue weighted by molar-refractivity contribution is 6.08. The fourth-order valence-corrected chi connectivity index (χ4v) is 11.0. The third kappa shape index (κ3) is 8.91. The van der Waals surface area contributed by atoms with E-state index in [1.807, 2.05) is 24.3 Å². The van der Waals surface area contributed by atoms with Crippen molar-refractivity contribution in [2.75, 3.05) is 0 Å². The van der Waals surface area contributed by atoms with E-state index in [-0.39, 0.29) is 5.41 Å². The van der Waals surface area contributed by atoms with Crippen LogP contribution in [-0.4, -0.2) is 9.13 Å². The lowest BCUT2D eigenvalue weighted by Crippen LogP contribution is -2.25. The van der Waals surface area contributed by atoms with Crippen LogP contribution in [0.25, 0.3) is 67.2 Å². The van der Waals surface area contributed by atoms with Crippen molar-refractivity contribution in [3.05, 3.63) is 179 Å². The predicted octanol–water partition coefficient (Wildman–Crippen LogP) is 17.6. The Balaban J connectivity index is 1.35. The van der Waals surface area contributed by atoms with Gasteiger partial charge in [0.2, 0.25) is 0 Å². The number of unbranched alkanes of at least 4 members (excludes halogenated alkanes) is 10. The van der Waals surface area contributed by atoms with E-state index in [4.69, 9.17) is 0 Å². The van der Waals surface area contributed by atoms with E-state index in [9.17, 15) is 10.5 Å². The maximum Gasteiger partial charge on any atom is 0.0991 e. The van der Waals surface area contributed by atoms with Gasteiger partial charge in [0.15, 0.2) is 0 Å². The summed E-state index contributed by atoms with van der Waals surface area (Å²) in [6.07, 6.45) is 17.6. The molecule has 0 aliphatic heterocycles. The topological polar surface area (TPSA) is 57.4 Å². The highest BCUT2D eigenvalue weighted by Crippen LogP contribution is 2.56. The quantitative estimate of drug-likeness (QED) is 0.0760. The van der Waals surface area contributed by atoms with Gasteiger partial charge in [-0.25, -0.2) is 0 Å². The molecule has 2 aromatic heterocycles. The molecule has 0 radical (unpaired) electrons. The maximum absolute atomic E-state index is 9.99. The number of benzene rings is 6. The summed E-state index contributed by atoms with van der Waals surface area (Å²) in [5.74, 6) is 0. The number of aryl methyl sites for hydroxylation is 2. The minimum Gasteiger partial charge on any atom is -0.307 e. The Bertz CT molecular complexity index is 2990. The van der Waals surface area contributed by atoms with Crippen LogP contribution in [0.4, 0.5) is 0 Å². The maximum atomic E-state index is 9.99. The molecule has 0 saturated heterocycles. The summed E-state index contributed by atoms with van der Waals surface area (Å²) in [5, 5.41) is 19.8. The van der Waals surface area contributed by atoms with Gasteiger partial charge in [-0.3, -0.25) is 0 Å². The van der Waals surface area contributed by atoms with Crippen LogP contribution in [0.2, 0.25) is 0 Å². The highest BCUT2D eigenvalue weighted by Gasteiger charge is 2.42. The molecule has 0 fully saturated rings.